The predicted octanol–water partition coefficient (Wildman–Crippen LogP) is 4.75. The SMILES string of the molecule is C=CCN(Cc1ccccc1)C(=O)C1N(CCCCO)C(=O)[C@@H]2[C@@H](C(=O)N(CC=C)c3ccc(OCC)cc3)[C@@]3(CC)CCC12O3. The number of carbonyl (C=O) groups excluding carboxylic acids is 3. The molecule has 0 aliphatic carbocycles. The van der Waals surface area contributed by atoms with Gasteiger partial charge in [0.05, 0.1) is 24.0 Å². The number of anilines is 1. The number of carbonyl (C=O) groups is 3. The van der Waals surface area contributed by atoms with E-state index in [9.17, 15) is 19.5 Å². The van der Waals surface area contributed by atoms with Gasteiger partial charge >= 0.3 is 0 Å². The van der Waals surface area contributed by atoms with Crippen molar-refractivity contribution < 1.29 is 29.0 Å². The number of rotatable bonds is 16. The van der Waals surface area contributed by atoms with Gasteiger partial charge in [-0.25, -0.2) is 0 Å². The fourth-order valence-electron chi connectivity index (χ4n) is 7.88. The highest BCUT2D eigenvalue weighted by molar-refractivity contribution is 6.03. The topological polar surface area (TPSA) is 99.6 Å². The fourth-order valence-corrected chi connectivity index (χ4v) is 7.88. The molecule has 46 heavy (non-hydrogen) atoms. The van der Waals surface area contributed by atoms with Crippen molar-refractivity contribution in [2.75, 3.05) is 37.7 Å². The average Bonchev–Trinajstić information content (AvgIpc) is 3.67. The van der Waals surface area contributed by atoms with E-state index >= 15 is 0 Å². The van der Waals surface area contributed by atoms with Crippen molar-refractivity contribution in [3.05, 3.63) is 85.5 Å². The third-order valence-electron chi connectivity index (χ3n) is 9.90. The molecule has 2 bridgehead atoms. The minimum atomic E-state index is -1.14. The van der Waals surface area contributed by atoms with E-state index in [-0.39, 0.29) is 30.9 Å². The highest BCUT2D eigenvalue weighted by Crippen LogP contribution is 2.64. The molecule has 3 fully saturated rings. The zero-order valence-corrected chi connectivity index (χ0v) is 27.1. The molecule has 3 aliphatic rings. The second kappa shape index (κ2) is 14.2. The number of amides is 3. The average molecular weight is 630 g/mol. The Morgan fingerprint density at radius 2 is 1.74 bits per heavy atom. The molecule has 2 unspecified atom stereocenters. The van der Waals surface area contributed by atoms with Crippen LogP contribution >= 0.6 is 0 Å². The minimum absolute atomic E-state index is 0.0129. The molecule has 1 N–H and O–H groups in total. The molecular formula is C37H47N3O6. The molecule has 5 rings (SSSR count). The van der Waals surface area contributed by atoms with Crippen molar-refractivity contribution in [2.24, 2.45) is 11.8 Å². The molecule has 246 valence electrons. The quantitative estimate of drug-likeness (QED) is 0.213. The van der Waals surface area contributed by atoms with Crippen molar-refractivity contribution in [2.45, 2.75) is 69.7 Å². The van der Waals surface area contributed by atoms with Gasteiger partial charge in [0.2, 0.25) is 17.7 Å². The predicted molar refractivity (Wildman–Crippen MR) is 177 cm³/mol. The van der Waals surface area contributed by atoms with Crippen LogP contribution in [0.25, 0.3) is 0 Å². The number of likely N-dealkylation sites (tertiary alicyclic amines) is 1. The van der Waals surface area contributed by atoms with Gasteiger partial charge in [0.25, 0.3) is 0 Å². The van der Waals surface area contributed by atoms with E-state index in [1.807, 2.05) is 68.4 Å². The van der Waals surface area contributed by atoms with E-state index < -0.39 is 29.1 Å². The van der Waals surface area contributed by atoms with Gasteiger partial charge in [0.1, 0.15) is 17.4 Å². The summed E-state index contributed by atoms with van der Waals surface area (Å²) >= 11 is 0. The standard InChI is InChI=1S/C37H47N3O6/c1-5-22-38(26-27-14-10-9-11-15-27)35(44)32-37-21-20-36(7-3,46-37)30(31(37)34(43)40(32)24-12-13-25-41)33(42)39(23-6-2)28-16-18-29(19-17-28)45-8-4/h5-6,9-11,14-19,30-32,41H,1-2,7-8,12-13,20-26H2,3-4H3/t30-,31-,32?,36+,37?/m0/s1. The molecule has 3 heterocycles. The second-order valence-corrected chi connectivity index (χ2v) is 12.5. The Kier molecular flexibility index (Phi) is 10.3. The van der Waals surface area contributed by atoms with Crippen LogP contribution in [0, 0.1) is 11.8 Å². The summed E-state index contributed by atoms with van der Waals surface area (Å²) in [6.45, 7) is 13.4. The maximum atomic E-state index is 14.8. The lowest BCUT2D eigenvalue weighted by Crippen LogP contribution is -2.56. The van der Waals surface area contributed by atoms with Crippen LogP contribution in [0.15, 0.2) is 79.9 Å². The maximum Gasteiger partial charge on any atom is 0.248 e. The number of hydrogen-bond donors (Lipinski definition) is 1. The van der Waals surface area contributed by atoms with Crippen LogP contribution in [0.4, 0.5) is 5.69 Å². The molecule has 9 nitrogen and oxygen atoms in total. The fraction of sp³-hybridized carbons (Fsp3) is 0.486. The number of nitrogens with zero attached hydrogens (tertiary/aromatic N) is 3. The smallest absolute Gasteiger partial charge is 0.248 e. The molecule has 3 amide bonds. The number of ether oxygens (including phenoxy) is 2. The van der Waals surface area contributed by atoms with Crippen LogP contribution in [0.1, 0.15) is 51.5 Å². The second-order valence-electron chi connectivity index (χ2n) is 12.5. The summed E-state index contributed by atoms with van der Waals surface area (Å²) in [6, 6.07) is 16.2. The number of unbranched alkanes of at least 4 members (excludes halogenated alkanes) is 1. The highest BCUT2D eigenvalue weighted by Gasteiger charge is 2.79. The number of fused-ring (bicyclic) bond motifs is 1. The zero-order chi connectivity index (χ0) is 32.9. The van der Waals surface area contributed by atoms with Crippen LogP contribution in [0.2, 0.25) is 0 Å². The lowest BCUT2D eigenvalue weighted by molar-refractivity contribution is -0.153. The summed E-state index contributed by atoms with van der Waals surface area (Å²) in [5, 5.41) is 9.54. The molecule has 3 saturated heterocycles. The van der Waals surface area contributed by atoms with Crippen LogP contribution in [-0.2, 0) is 25.7 Å². The first-order valence-electron chi connectivity index (χ1n) is 16.5. The number of aliphatic hydroxyl groups excluding tert-OH is 1. The zero-order valence-electron chi connectivity index (χ0n) is 27.1. The van der Waals surface area contributed by atoms with Crippen molar-refractivity contribution in [3.8, 4) is 5.75 Å². The third kappa shape index (κ3) is 5.86. The Balaban J connectivity index is 1.55. The van der Waals surface area contributed by atoms with E-state index in [0.717, 1.165) is 5.56 Å². The van der Waals surface area contributed by atoms with Crippen LogP contribution < -0.4 is 9.64 Å². The normalized spacial score (nSPS) is 26.1. The number of benzene rings is 2. The molecule has 0 radical (unpaired) electrons. The number of aliphatic hydroxyl groups is 1. The molecule has 5 atom stereocenters. The summed E-state index contributed by atoms with van der Waals surface area (Å²) in [6.07, 6.45) is 6.01. The van der Waals surface area contributed by atoms with Gasteiger partial charge in [0, 0.05) is 38.5 Å². The lowest BCUT2D eigenvalue weighted by atomic mass is 9.64. The van der Waals surface area contributed by atoms with Gasteiger partial charge < -0.3 is 29.3 Å². The molecule has 2 aromatic carbocycles. The van der Waals surface area contributed by atoms with Gasteiger partial charge in [-0.2, -0.15) is 0 Å². The van der Waals surface area contributed by atoms with Crippen LogP contribution in [0.3, 0.4) is 0 Å². The molecular weight excluding hydrogens is 582 g/mol. The van der Waals surface area contributed by atoms with Gasteiger partial charge in [-0.3, -0.25) is 14.4 Å². The molecule has 0 saturated carbocycles. The number of hydrogen-bond acceptors (Lipinski definition) is 6. The van der Waals surface area contributed by atoms with Crippen LogP contribution in [-0.4, -0.2) is 82.7 Å². The molecule has 3 aliphatic heterocycles. The van der Waals surface area contributed by atoms with Crippen molar-refractivity contribution in [1.82, 2.24) is 9.80 Å². The first-order valence-corrected chi connectivity index (χ1v) is 16.5. The van der Waals surface area contributed by atoms with E-state index in [4.69, 9.17) is 9.47 Å². The van der Waals surface area contributed by atoms with E-state index in [1.165, 1.54) is 0 Å². The Labute approximate surface area is 272 Å². The minimum Gasteiger partial charge on any atom is -0.494 e. The van der Waals surface area contributed by atoms with Crippen LogP contribution in [0.5, 0.6) is 5.75 Å². The first-order chi connectivity index (χ1) is 22.3. The van der Waals surface area contributed by atoms with Gasteiger partial charge in [-0.05, 0) is 68.9 Å². The molecule has 9 heteroatoms. The summed E-state index contributed by atoms with van der Waals surface area (Å²) in [5.41, 5.74) is -0.374. The van der Waals surface area contributed by atoms with Gasteiger partial charge in [-0.15, -0.1) is 13.2 Å². The summed E-state index contributed by atoms with van der Waals surface area (Å²) in [7, 11) is 0. The first kappa shape index (κ1) is 33.4. The molecule has 0 aromatic heterocycles. The van der Waals surface area contributed by atoms with E-state index in [2.05, 4.69) is 13.2 Å². The van der Waals surface area contributed by atoms with Crippen molar-refractivity contribution in [3.63, 3.8) is 0 Å². The largest absolute Gasteiger partial charge is 0.494 e. The van der Waals surface area contributed by atoms with Gasteiger partial charge in [-0.1, -0.05) is 49.4 Å². The monoisotopic (exact) mass is 629 g/mol. The Morgan fingerprint density at radius 3 is 2.37 bits per heavy atom. The third-order valence-corrected chi connectivity index (χ3v) is 9.90. The Bertz CT molecular complexity index is 1410. The van der Waals surface area contributed by atoms with Crippen molar-refractivity contribution >= 4 is 23.4 Å². The Morgan fingerprint density at radius 1 is 1.02 bits per heavy atom. The summed E-state index contributed by atoms with van der Waals surface area (Å²) in [5.74, 6) is -1.53. The maximum absolute atomic E-state index is 14.8. The van der Waals surface area contributed by atoms with Gasteiger partial charge in [0.15, 0.2) is 0 Å². The highest BCUT2D eigenvalue weighted by atomic mass is 16.5. The van der Waals surface area contributed by atoms with E-state index in [1.54, 1.807) is 26.9 Å². The molecule has 1 spiro atoms. The van der Waals surface area contributed by atoms with Crippen molar-refractivity contribution in [1.29, 1.82) is 0 Å². The summed E-state index contributed by atoms with van der Waals surface area (Å²) < 4.78 is 12.6. The Hall–Kier alpha value is -3.95. The lowest BCUT2D eigenvalue weighted by Gasteiger charge is -2.37. The summed E-state index contributed by atoms with van der Waals surface area (Å²) in [4.78, 5) is 49.1. The molecule has 2 aromatic rings. The van der Waals surface area contributed by atoms with E-state index in [0.29, 0.717) is 69.8 Å².